The van der Waals surface area contributed by atoms with Gasteiger partial charge in [0.15, 0.2) is 0 Å². The number of benzene rings is 1. The fraction of sp³-hybridized carbons (Fsp3) is 0.474. The Kier molecular flexibility index (Phi) is 7.02. The van der Waals surface area contributed by atoms with Gasteiger partial charge in [-0.25, -0.2) is 0 Å². The monoisotopic (exact) mass is 362 g/mol. The molecule has 1 saturated heterocycles. The van der Waals surface area contributed by atoms with Crippen LogP contribution in [0.1, 0.15) is 46.1 Å². The second-order valence-electron chi connectivity index (χ2n) is 6.68. The average molecular weight is 363 g/mol. The summed E-state index contributed by atoms with van der Waals surface area (Å²) in [7, 11) is 0. The highest BCUT2D eigenvalue weighted by Crippen LogP contribution is 2.15. The van der Waals surface area contributed by atoms with Crippen LogP contribution in [0.15, 0.2) is 30.5 Å². The lowest BCUT2D eigenvalue weighted by atomic mass is 10.1. The molecule has 136 valence electrons. The van der Waals surface area contributed by atoms with Gasteiger partial charge in [0.25, 0.3) is 5.91 Å². The van der Waals surface area contributed by atoms with Crippen LogP contribution >= 0.6 is 12.4 Å². The Labute approximate surface area is 155 Å². The molecular weight excluding hydrogens is 336 g/mol. The first-order valence-electron chi connectivity index (χ1n) is 8.73. The first-order valence-corrected chi connectivity index (χ1v) is 8.73. The molecule has 2 heterocycles. The summed E-state index contributed by atoms with van der Waals surface area (Å²) in [4.78, 5) is 12.3. The van der Waals surface area contributed by atoms with Crippen molar-refractivity contribution in [2.75, 3.05) is 19.6 Å². The Hall–Kier alpha value is -1.85. The molecule has 0 spiro atoms. The van der Waals surface area contributed by atoms with E-state index in [1.54, 1.807) is 6.07 Å². The molecule has 3 rings (SSSR count). The van der Waals surface area contributed by atoms with Crippen LogP contribution in [0.25, 0.3) is 0 Å². The zero-order valence-corrected chi connectivity index (χ0v) is 15.7. The molecule has 1 aromatic heterocycles. The minimum atomic E-state index is -0.0955. The smallest absolute Gasteiger partial charge is 0.271 e. The van der Waals surface area contributed by atoms with Gasteiger partial charge in [-0.3, -0.25) is 9.48 Å². The minimum Gasteiger partial charge on any atom is -0.350 e. The molecule has 2 N–H and O–H groups in total. The fourth-order valence-corrected chi connectivity index (χ4v) is 3.35. The Morgan fingerprint density at radius 1 is 1.32 bits per heavy atom. The molecule has 2 aromatic rings. The van der Waals surface area contributed by atoms with Crippen LogP contribution in [0.4, 0.5) is 0 Å². The SMILES string of the molecule is Cc1cc(C)cc(CCNC(=O)c2ccn(C3CCCNC3)n2)c1.Cl. The number of nitrogens with zero attached hydrogens (tertiary/aromatic N) is 2. The lowest BCUT2D eigenvalue weighted by Crippen LogP contribution is -2.32. The molecule has 0 aliphatic carbocycles. The number of piperidine rings is 1. The van der Waals surface area contributed by atoms with Crippen molar-refractivity contribution >= 4 is 18.3 Å². The highest BCUT2D eigenvalue weighted by Gasteiger charge is 2.17. The highest BCUT2D eigenvalue weighted by atomic mass is 35.5. The van der Waals surface area contributed by atoms with Crippen LogP contribution in [-0.2, 0) is 6.42 Å². The van der Waals surface area contributed by atoms with Gasteiger partial charge in [0, 0.05) is 19.3 Å². The van der Waals surface area contributed by atoms with Crippen LogP contribution in [0.5, 0.6) is 0 Å². The van der Waals surface area contributed by atoms with Crippen LogP contribution < -0.4 is 10.6 Å². The third-order valence-electron chi connectivity index (χ3n) is 4.47. The molecule has 0 radical (unpaired) electrons. The minimum absolute atomic E-state index is 0. The molecule has 0 bridgehead atoms. The maximum absolute atomic E-state index is 12.3. The van der Waals surface area contributed by atoms with Crippen molar-refractivity contribution in [2.24, 2.45) is 0 Å². The van der Waals surface area contributed by atoms with Crippen molar-refractivity contribution in [3.05, 3.63) is 52.8 Å². The van der Waals surface area contributed by atoms with Crippen LogP contribution in [0, 0.1) is 13.8 Å². The van der Waals surface area contributed by atoms with Crippen molar-refractivity contribution in [3.63, 3.8) is 0 Å². The average Bonchev–Trinajstić information content (AvgIpc) is 3.05. The van der Waals surface area contributed by atoms with E-state index in [0.717, 1.165) is 32.4 Å². The fourth-order valence-electron chi connectivity index (χ4n) is 3.35. The maximum Gasteiger partial charge on any atom is 0.271 e. The van der Waals surface area contributed by atoms with Gasteiger partial charge >= 0.3 is 0 Å². The van der Waals surface area contributed by atoms with Gasteiger partial charge in [0.05, 0.1) is 6.04 Å². The number of rotatable bonds is 5. The summed E-state index contributed by atoms with van der Waals surface area (Å²) < 4.78 is 1.92. The van der Waals surface area contributed by atoms with Crippen LogP contribution in [-0.4, -0.2) is 35.3 Å². The largest absolute Gasteiger partial charge is 0.350 e. The molecule has 1 fully saturated rings. The number of carbonyl (C=O) groups excluding carboxylic acids is 1. The molecule has 1 amide bonds. The van der Waals surface area contributed by atoms with E-state index in [1.165, 1.54) is 16.7 Å². The van der Waals surface area contributed by atoms with Gasteiger partial charge in [-0.15, -0.1) is 12.4 Å². The third-order valence-corrected chi connectivity index (χ3v) is 4.47. The summed E-state index contributed by atoms with van der Waals surface area (Å²) >= 11 is 0. The Bertz CT molecular complexity index is 687. The molecule has 1 aromatic carbocycles. The van der Waals surface area contributed by atoms with E-state index in [-0.39, 0.29) is 18.3 Å². The standard InChI is InChI=1S/C19H26N4O.ClH/c1-14-10-15(2)12-16(11-14)5-8-21-19(24)18-6-9-23(22-18)17-4-3-7-20-13-17;/h6,9-12,17,20H,3-5,7-8,13H2,1-2H3,(H,21,24);1H. The number of amides is 1. The summed E-state index contributed by atoms with van der Waals surface area (Å²) in [5.41, 5.74) is 4.28. The van der Waals surface area contributed by atoms with Crippen molar-refractivity contribution in [1.82, 2.24) is 20.4 Å². The molecule has 1 aliphatic rings. The molecule has 1 aliphatic heterocycles. The summed E-state index contributed by atoms with van der Waals surface area (Å²) in [6, 6.07) is 8.67. The number of aryl methyl sites for hydroxylation is 2. The van der Waals surface area contributed by atoms with E-state index in [4.69, 9.17) is 0 Å². The first kappa shape index (κ1) is 19.5. The lowest BCUT2D eigenvalue weighted by molar-refractivity contribution is 0.0948. The molecule has 6 heteroatoms. The quantitative estimate of drug-likeness (QED) is 0.859. The van der Waals surface area contributed by atoms with Gasteiger partial charge in [-0.1, -0.05) is 29.3 Å². The van der Waals surface area contributed by atoms with Crippen molar-refractivity contribution in [1.29, 1.82) is 0 Å². The number of hydrogen-bond donors (Lipinski definition) is 2. The Morgan fingerprint density at radius 2 is 2.08 bits per heavy atom. The van der Waals surface area contributed by atoms with E-state index < -0.39 is 0 Å². The van der Waals surface area contributed by atoms with E-state index in [0.29, 0.717) is 18.3 Å². The molecule has 0 saturated carbocycles. The predicted octanol–water partition coefficient (Wildman–Crippen LogP) is 2.82. The van der Waals surface area contributed by atoms with Crippen LogP contribution in [0.2, 0.25) is 0 Å². The normalized spacial score (nSPS) is 17.0. The zero-order valence-electron chi connectivity index (χ0n) is 14.9. The Morgan fingerprint density at radius 3 is 2.76 bits per heavy atom. The topological polar surface area (TPSA) is 59.0 Å². The van der Waals surface area contributed by atoms with Crippen LogP contribution in [0.3, 0.4) is 0 Å². The van der Waals surface area contributed by atoms with Crippen molar-refractivity contribution in [2.45, 2.75) is 39.2 Å². The van der Waals surface area contributed by atoms with Gasteiger partial charge in [0.2, 0.25) is 0 Å². The van der Waals surface area contributed by atoms with E-state index >= 15 is 0 Å². The number of carbonyl (C=O) groups is 1. The zero-order chi connectivity index (χ0) is 16.9. The lowest BCUT2D eigenvalue weighted by Gasteiger charge is -2.22. The summed E-state index contributed by atoms with van der Waals surface area (Å²) in [5.74, 6) is -0.0955. The molecular formula is C19H27ClN4O. The number of hydrogen-bond acceptors (Lipinski definition) is 3. The Balaban J connectivity index is 0.00000225. The van der Waals surface area contributed by atoms with Crippen molar-refractivity contribution in [3.8, 4) is 0 Å². The van der Waals surface area contributed by atoms with Gasteiger partial charge in [0.1, 0.15) is 5.69 Å². The summed E-state index contributed by atoms with van der Waals surface area (Å²) in [6.07, 6.45) is 5.02. The summed E-state index contributed by atoms with van der Waals surface area (Å²) in [5, 5.41) is 10.8. The molecule has 1 unspecified atom stereocenters. The predicted molar refractivity (Wildman–Crippen MR) is 103 cm³/mol. The second kappa shape index (κ2) is 9.02. The third kappa shape index (κ3) is 5.31. The van der Waals surface area contributed by atoms with E-state index in [1.807, 2.05) is 10.9 Å². The van der Waals surface area contributed by atoms with Crippen molar-refractivity contribution < 1.29 is 4.79 Å². The van der Waals surface area contributed by atoms with Gasteiger partial charge < -0.3 is 10.6 Å². The number of nitrogens with one attached hydrogen (secondary N) is 2. The van der Waals surface area contributed by atoms with E-state index in [2.05, 4.69) is 47.8 Å². The van der Waals surface area contributed by atoms with Gasteiger partial charge in [-0.2, -0.15) is 5.10 Å². The highest BCUT2D eigenvalue weighted by molar-refractivity contribution is 5.92. The maximum atomic E-state index is 12.3. The number of aromatic nitrogens is 2. The first-order chi connectivity index (χ1) is 11.6. The van der Waals surface area contributed by atoms with Gasteiger partial charge in [-0.05, 0) is 51.3 Å². The molecule has 25 heavy (non-hydrogen) atoms. The van der Waals surface area contributed by atoms with E-state index in [9.17, 15) is 4.79 Å². The summed E-state index contributed by atoms with van der Waals surface area (Å²) in [6.45, 7) is 6.82. The number of halogens is 1. The molecule has 1 atom stereocenters. The molecule has 5 nitrogen and oxygen atoms in total. The second-order valence-corrected chi connectivity index (χ2v) is 6.68.